The van der Waals surface area contributed by atoms with E-state index in [9.17, 15) is 4.79 Å². The minimum Gasteiger partial charge on any atom is -0.346 e. The lowest BCUT2D eigenvalue weighted by molar-refractivity contribution is 0.0950. The van der Waals surface area contributed by atoms with Crippen molar-refractivity contribution in [3.8, 4) is 0 Å². The molecule has 0 fully saturated rings. The molecule has 0 aliphatic carbocycles. The number of hydrogen-bond acceptors (Lipinski definition) is 4. The zero-order chi connectivity index (χ0) is 12.1. The van der Waals surface area contributed by atoms with Crippen LogP contribution in [0.5, 0.6) is 0 Å². The quantitative estimate of drug-likeness (QED) is 0.861. The number of amides is 1. The topological polar surface area (TPSA) is 68.0 Å². The molecule has 0 radical (unpaired) electrons. The fraction of sp³-hybridized carbons (Fsp3) is 0.167. The summed E-state index contributed by atoms with van der Waals surface area (Å²) in [5.41, 5.74) is 9.77. The lowest BCUT2D eigenvalue weighted by atomic mass is 10.1. The van der Waals surface area contributed by atoms with Gasteiger partial charge in [0.2, 0.25) is 0 Å². The zero-order valence-corrected chi connectivity index (χ0v) is 10.0. The van der Waals surface area contributed by atoms with Crippen LogP contribution in [0.4, 0.5) is 0 Å². The molecule has 1 amide bonds. The lowest BCUT2D eigenvalue weighted by Gasteiger charge is -2.04. The number of nitrogens with two attached hydrogens (primary N) is 1. The predicted octanol–water partition coefficient (Wildman–Crippen LogP) is 1.53. The average molecular weight is 247 g/mol. The highest BCUT2D eigenvalue weighted by Crippen LogP contribution is 2.05. The van der Waals surface area contributed by atoms with Gasteiger partial charge in [0, 0.05) is 17.5 Å². The van der Waals surface area contributed by atoms with Gasteiger partial charge >= 0.3 is 0 Å². The maximum Gasteiger partial charge on any atom is 0.251 e. The monoisotopic (exact) mass is 247 g/mol. The van der Waals surface area contributed by atoms with E-state index in [1.807, 2.05) is 17.5 Å². The molecular weight excluding hydrogens is 234 g/mol. The number of thiazole rings is 1. The fourth-order valence-corrected chi connectivity index (χ4v) is 1.95. The van der Waals surface area contributed by atoms with E-state index < -0.39 is 0 Å². The molecule has 0 saturated carbocycles. The van der Waals surface area contributed by atoms with E-state index in [4.69, 9.17) is 5.73 Å². The third kappa shape index (κ3) is 3.12. The molecule has 1 aromatic carbocycles. The first-order valence-corrected chi connectivity index (χ1v) is 6.18. The molecule has 1 aromatic heterocycles. The number of carbonyl (C=O) groups excluding carboxylic acids is 1. The molecule has 0 aliphatic heterocycles. The van der Waals surface area contributed by atoms with Gasteiger partial charge in [0.1, 0.15) is 0 Å². The Morgan fingerprint density at radius 2 is 2.12 bits per heavy atom. The van der Waals surface area contributed by atoms with Gasteiger partial charge < -0.3 is 11.1 Å². The molecule has 2 rings (SSSR count). The molecule has 0 spiro atoms. The molecule has 1 heterocycles. The Labute approximate surface area is 103 Å². The first kappa shape index (κ1) is 11.8. The summed E-state index contributed by atoms with van der Waals surface area (Å²) < 4.78 is 0. The van der Waals surface area contributed by atoms with Gasteiger partial charge in [0.25, 0.3) is 5.91 Å². The normalized spacial score (nSPS) is 10.2. The third-order valence-electron chi connectivity index (χ3n) is 2.37. The van der Waals surface area contributed by atoms with E-state index >= 15 is 0 Å². The summed E-state index contributed by atoms with van der Waals surface area (Å²) in [7, 11) is 0. The number of carbonyl (C=O) groups is 1. The average Bonchev–Trinajstić information content (AvgIpc) is 2.89. The van der Waals surface area contributed by atoms with Crippen LogP contribution < -0.4 is 11.1 Å². The Morgan fingerprint density at radius 3 is 2.71 bits per heavy atom. The van der Waals surface area contributed by atoms with Crippen molar-refractivity contribution < 1.29 is 4.79 Å². The minimum absolute atomic E-state index is 0.0958. The van der Waals surface area contributed by atoms with Crippen molar-refractivity contribution in [2.75, 3.05) is 0 Å². The molecule has 17 heavy (non-hydrogen) atoms. The number of rotatable bonds is 4. The standard InChI is InChI=1S/C12H13N3OS/c13-5-9-1-3-10(4-2-9)12(16)14-6-11-7-17-8-15-11/h1-4,7-8H,5-6,13H2,(H,14,16). The molecule has 2 aromatic rings. The van der Waals surface area contributed by atoms with Crippen LogP contribution in [0, 0.1) is 0 Å². The zero-order valence-electron chi connectivity index (χ0n) is 9.22. The van der Waals surface area contributed by atoms with Gasteiger partial charge in [-0.05, 0) is 17.7 Å². The first-order valence-electron chi connectivity index (χ1n) is 5.24. The highest BCUT2D eigenvalue weighted by Gasteiger charge is 2.05. The van der Waals surface area contributed by atoms with Crippen LogP contribution in [0.15, 0.2) is 35.2 Å². The number of hydrogen-bond donors (Lipinski definition) is 2. The number of nitrogens with one attached hydrogen (secondary N) is 1. The van der Waals surface area contributed by atoms with E-state index in [1.165, 1.54) is 11.3 Å². The Hall–Kier alpha value is -1.72. The van der Waals surface area contributed by atoms with Crippen LogP contribution >= 0.6 is 11.3 Å². The van der Waals surface area contributed by atoms with Crippen LogP contribution in [0.3, 0.4) is 0 Å². The van der Waals surface area contributed by atoms with Crippen LogP contribution in [0.1, 0.15) is 21.6 Å². The maximum atomic E-state index is 11.8. The minimum atomic E-state index is -0.0958. The molecular formula is C12H13N3OS. The second-order valence-electron chi connectivity index (χ2n) is 3.56. The molecule has 4 nitrogen and oxygen atoms in total. The molecule has 0 aliphatic rings. The van der Waals surface area contributed by atoms with Gasteiger partial charge in [-0.3, -0.25) is 4.79 Å². The van der Waals surface area contributed by atoms with Crippen LogP contribution in [-0.2, 0) is 13.1 Å². The Morgan fingerprint density at radius 1 is 1.35 bits per heavy atom. The van der Waals surface area contributed by atoms with Gasteiger partial charge in [-0.2, -0.15) is 0 Å². The van der Waals surface area contributed by atoms with Crippen molar-refractivity contribution in [2.24, 2.45) is 5.73 Å². The number of nitrogens with zero attached hydrogens (tertiary/aromatic N) is 1. The summed E-state index contributed by atoms with van der Waals surface area (Å²) in [6.45, 7) is 0.946. The third-order valence-corrected chi connectivity index (χ3v) is 3.00. The number of benzene rings is 1. The molecule has 0 unspecified atom stereocenters. The van der Waals surface area contributed by atoms with Crippen molar-refractivity contribution >= 4 is 17.2 Å². The van der Waals surface area contributed by atoms with Crippen molar-refractivity contribution in [3.63, 3.8) is 0 Å². The second-order valence-corrected chi connectivity index (χ2v) is 4.28. The van der Waals surface area contributed by atoms with Gasteiger partial charge in [-0.15, -0.1) is 11.3 Å². The summed E-state index contributed by atoms with van der Waals surface area (Å²) in [6.07, 6.45) is 0. The molecule has 5 heteroatoms. The molecule has 3 N–H and O–H groups in total. The summed E-state index contributed by atoms with van der Waals surface area (Å²) in [4.78, 5) is 15.9. The highest BCUT2D eigenvalue weighted by atomic mass is 32.1. The van der Waals surface area contributed by atoms with Gasteiger partial charge in [-0.25, -0.2) is 4.98 Å². The van der Waals surface area contributed by atoms with E-state index in [2.05, 4.69) is 10.3 Å². The molecule has 0 saturated heterocycles. The maximum absolute atomic E-state index is 11.8. The largest absolute Gasteiger partial charge is 0.346 e. The van der Waals surface area contributed by atoms with Gasteiger partial charge in [-0.1, -0.05) is 12.1 Å². The van der Waals surface area contributed by atoms with Crippen LogP contribution in [0.2, 0.25) is 0 Å². The summed E-state index contributed by atoms with van der Waals surface area (Å²) >= 11 is 1.52. The molecule has 0 atom stereocenters. The Kier molecular flexibility index (Phi) is 3.85. The Balaban J connectivity index is 1.95. The lowest BCUT2D eigenvalue weighted by Crippen LogP contribution is -2.22. The predicted molar refractivity (Wildman–Crippen MR) is 67.6 cm³/mol. The van der Waals surface area contributed by atoms with Gasteiger partial charge in [0.15, 0.2) is 0 Å². The van der Waals surface area contributed by atoms with E-state index in [-0.39, 0.29) is 5.91 Å². The number of aromatic nitrogens is 1. The van der Waals surface area contributed by atoms with Crippen molar-refractivity contribution in [3.05, 3.63) is 52.0 Å². The molecule has 88 valence electrons. The second kappa shape index (κ2) is 5.56. The van der Waals surface area contributed by atoms with Crippen LogP contribution in [-0.4, -0.2) is 10.9 Å². The summed E-state index contributed by atoms with van der Waals surface area (Å²) in [5.74, 6) is -0.0958. The Bertz CT molecular complexity index is 479. The van der Waals surface area contributed by atoms with E-state index in [0.717, 1.165) is 11.3 Å². The van der Waals surface area contributed by atoms with E-state index in [0.29, 0.717) is 18.7 Å². The van der Waals surface area contributed by atoms with Crippen molar-refractivity contribution in [1.82, 2.24) is 10.3 Å². The highest BCUT2D eigenvalue weighted by molar-refractivity contribution is 7.07. The molecule has 0 bridgehead atoms. The SMILES string of the molecule is NCc1ccc(C(=O)NCc2cscn2)cc1. The fourth-order valence-electron chi connectivity index (χ4n) is 1.39. The van der Waals surface area contributed by atoms with Crippen LogP contribution in [0.25, 0.3) is 0 Å². The summed E-state index contributed by atoms with van der Waals surface area (Å²) in [6, 6.07) is 7.27. The summed E-state index contributed by atoms with van der Waals surface area (Å²) in [5, 5.41) is 4.73. The smallest absolute Gasteiger partial charge is 0.251 e. The van der Waals surface area contributed by atoms with Crippen molar-refractivity contribution in [1.29, 1.82) is 0 Å². The van der Waals surface area contributed by atoms with Crippen molar-refractivity contribution in [2.45, 2.75) is 13.1 Å². The first-order chi connectivity index (χ1) is 8.29. The van der Waals surface area contributed by atoms with E-state index in [1.54, 1.807) is 17.6 Å². The van der Waals surface area contributed by atoms with Gasteiger partial charge in [0.05, 0.1) is 17.7 Å².